The van der Waals surface area contributed by atoms with Crippen LogP contribution in [-0.2, 0) is 6.61 Å². The molecular formula is C11H9BrN2O3. The van der Waals surface area contributed by atoms with Crippen LogP contribution in [0.2, 0.25) is 0 Å². The van der Waals surface area contributed by atoms with Crippen LogP contribution < -0.4 is 4.74 Å². The molecule has 0 fully saturated rings. The Morgan fingerprint density at radius 1 is 1.53 bits per heavy atom. The number of ketones is 1. The Morgan fingerprint density at radius 2 is 2.35 bits per heavy atom. The van der Waals surface area contributed by atoms with Gasteiger partial charge < -0.3 is 9.26 Å². The van der Waals surface area contributed by atoms with E-state index in [1.54, 1.807) is 18.2 Å². The number of carbonyl (C=O) groups excluding carboxylic acids is 1. The van der Waals surface area contributed by atoms with Crippen molar-refractivity contribution in [2.45, 2.75) is 13.5 Å². The number of halogens is 1. The molecule has 0 aliphatic heterocycles. The number of hydrogen-bond donors (Lipinski definition) is 0. The summed E-state index contributed by atoms with van der Waals surface area (Å²) in [5.74, 6) is 0.872. The first-order valence-electron chi connectivity index (χ1n) is 4.85. The topological polar surface area (TPSA) is 65.2 Å². The molecule has 0 unspecified atom stereocenters. The molecule has 1 aromatic heterocycles. The number of hydrogen-bond acceptors (Lipinski definition) is 5. The highest BCUT2D eigenvalue weighted by molar-refractivity contribution is 9.10. The van der Waals surface area contributed by atoms with Gasteiger partial charge in [-0.1, -0.05) is 21.1 Å². The molecule has 2 rings (SSSR count). The molecule has 6 heteroatoms. The van der Waals surface area contributed by atoms with Gasteiger partial charge in [-0.3, -0.25) is 4.79 Å². The second-order valence-electron chi connectivity index (χ2n) is 3.33. The summed E-state index contributed by atoms with van der Waals surface area (Å²) in [5.41, 5.74) is 0.525. The molecular weight excluding hydrogens is 288 g/mol. The van der Waals surface area contributed by atoms with Gasteiger partial charge in [0.1, 0.15) is 5.75 Å². The minimum atomic E-state index is -0.0550. The van der Waals surface area contributed by atoms with Crippen molar-refractivity contribution >= 4 is 21.7 Å². The van der Waals surface area contributed by atoms with Crippen LogP contribution in [0.15, 0.2) is 33.6 Å². The fourth-order valence-electron chi connectivity index (χ4n) is 1.30. The van der Waals surface area contributed by atoms with E-state index in [0.717, 1.165) is 4.47 Å². The molecule has 0 aliphatic carbocycles. The third kappa shape index (κ3) is 2.91. The first kappa shape index (κ1) is 11.8. The molecule has 88 valence electrons. The molecule has 0 saturated heterocycles. The number of aromatic nitrogens is 2. The van der Waals surface area contributed by atoms with Gasteiger partial charge in [0.25, 0.3) is 0 Å². The summed E-state index contributed by atoms with van der Waals surface area (Å²) in [6.07, 6.45) is 1.23. The van der Waals surface area contributed by atoms with E-state index in [1.807, 2.05) is 0 Å². The molecule has 0 aliphatic rings. The molecule has 0 atom stereocenters. The standard InChI is InChI=1S/C11H9BrN2O3/c1-7(15)9-3-2-8(12)4-10(9)16-5-11-13-6-17-14-11/h2-4,6H,5H2,1H3. The third-order valence-electron chi connectivity index (χ3n) is 2.09. The normalized spacial score (nSPS) is 10.2. The van der Waals surface area contributed by atoms with Gasteiger partial charge in [0, 0.05) is 4.47 Å². The maximum atomic E-state index is 11.4. The highest BCUT2D eigenvalue weighted by Gasteiger charge is 2.10. The van der Waals surface area contributed by atoms with E-state index in [0.29, 0.717) is 17.1 Å². The number of benzene rings is 1. The zero-order valence-electron chi connectivity index (χ0n) is 9.01. The van der Waals surface area contributed by atoms with Crippen molar-refractivity contribution in [3.05, 3.63) is 40.5 Å². The first-order chi connectivity index (χ1) is 8.16. The van der Waals surface area contributed by atoms with Crippen LogP contribution in [0.25, 0.3) is 0 Å². The van der Waals surface area contributed by atoms with Gasteiger partial charge in [0.2, 0.25) is 12.2 Å². The average molecular weight is 297 g/mol. The monoisotopic (exact) mass is 296 g/mol. The zero-order valence-corrected chi connectivity index (χ0v) is 10.6. The maximum Gasteiger partial charge on any atom is 0.213 e. The van der Waals surface area contributed by atoms with Crippen molar-refractivity contribution < 1.29 is 14.1 Å². The second kappa shape index (κ2) is 5.09. The van der Waals surface area contributed by atoms with E-state index in [4.69, 9.17) is 4.74 Å². The van der Waals surface area contributed by atoms with E-state index < -0.39 is 0 Å². The predicted octanol–water partition coefficient (Wildman–Crippen LogP) is 2.61. The molecule has 0 saturated carbocycles. The summed E-state index contributed by atoms with van der Waals surface area (Å²) in [6.45, 7) is 1.65. The Morgan fingerprint density at radius 3 is 3.00 bits per heavy atom. The Bertz CT molecular complexity index is 526. The van der Waals surface area contributed by atoms with Crippen LogP contribution in [0.5, 0.6) is 5.75 Å². The highest BCUT2D eigenvalue weighted by Crippen LogP contribution is 2.24. The highest BCUT2D eigenvalue weighted by atomic mass is 79.9. The summed E-state index contributed by atoms with van der Waals surface area (Å²) in [4.78, 5) is 15.2. The number of ether oxygens (including phenoxy) is 1. The number of Topliss-reactive ketones (excluding diaryl/α,β-unsaturated/α-hetero) is 1. The molecule has 1 heterocycles. The van der Waals surface area contributed by atoms with Gasteiger partial charge in [0.15, 0.2) is 12.4 Å². The number of carbonyl (C=O) groups is 1. The lowest BCUT2D eigenvalue weighted by atomic mass is 10.1. The molecule has 2 aromatic rings. The van der Waals surface area contributed by atoms with Gasteiger partial charge in [-0.25, -0.2) is 0 Å². The summed E-state index contributed by atoms with van der Waals surface area (Å²) in [5, 5.41) is 3.62. The number of nitrogens with zero attached hydrogens (tertiary/aromatic N) is 2. The fraction of sp³-hybridized carbons (Fsp3) is 0.182. The van der Waals surface area contributed by atoms with E-state index in [9.17, 15) is 4.79 Å². The molecule has 17 heavy (non-hydrogen) atoms. The molecule has 1 aromatic carbocycles. The lowest BCUT2D eigenvalue weighted by Crippen LogP contribution is -2.02. The Hall–Kier alpha value is -1.69. The Balaban J connectivity index is 2.19. The van der Waals surface area contributed by atoms with Crippen molar-refractivity contribution in [2.24, 2.45) is 0 Å². The van der Waals surface area contributed by atoms with Crippen molar-refractivity contribution in [3.63, 3.8) is 0 Å². The van der Waals surface area contributed by atoms with E-state index in [1.165, 1.54) is 13.3 Å². The smallest absolute Gasteiger partial charge is 0.213 e. The molecule has 0 bridgehead atoms. The van der Waals surface area contributed by atoms with E-state index in [2.05, 4.69) is 30.6 Å². The number of rotatable bonds is 4. The summed E-state index contributed by atoms with van der Waals surface area (Å²) in [7, 11) is 0. The Labute approximate surface area is 106 Å². The quantitative estimate of drug-likeness (QED) is 0.812. The zero-order chi connectivity index (χ0) is 12.3. The predicted molar refractivity (Wildman–Crippen MR) is 62.8 cm³/mol. The summed E-state index contributed by atoms with van der Waals surface area (Å²) < 4.78 is 10.9. The largest absolute Gasteiger partial charge is 0.485 e. The van der Waals surface area contributed by atoms with Gasteiger partial charge in [-0.15, -0.1) is 0 Å². The van der Waals surface area contributed by atoms with Crippen LogP contribution in [0.1, 0.15) is 23.1 Å². The molecule has 5 nitrogen and oxygen atoms in total. The lowest BCUT2D eigenvalue weighted by Gasteiger charge is -2.08. The third-order valence-corrected chi connectivity index (χ3v) is 2.58. The van der Waals surface area contributed by atoms with Crippen LogP contribution in [0.3, 0.4) is 0 Å². The molecule has 0 radical (unpaired) electrons. The first-order valence-corrected chi connectivity index (χ1v) is 5.64. The molecule has 0 spiro atoms. The second-order valence-corrected chi connectivity index (χ2v) is 4.25. The van der Waals surface area contributed by atoms with Gasteiger partial charge in [0.05, 0.1) is 5.56 Å². The van der Waals surface area contributed by atoms with E-state index in [-0.39, 0.29) is 12.4 Å². The van der Waals surface area contributed by atoms with Crippen molar-refractivity contribution in [2.75, 3.05) is 0 Å². The minimum absolute atomic E-state index is 0.0550. The summed E-state index contributed by atoms with van der Waals surface area (Å²) in [6, 6.07) is 5.23. The average Bonchev–Trinajstić information content (AvgIpc) is 2.78. The molecule has 0 N–H and O–H groups in total. The minimum Gasteiger partial charge on any atom is -0.485 e. The van der Waals surface area contributed by atoms with Crippen molar-refractivity contribution in [3.8, 4) is 5.75 Å². The van der Waals surface area contributed by atoms with Crippen molar-refractivity contribution in [1.82, 2.24) is 10.1 Å². The van der Waals surface area contributed by atoms with Crippen LogP contribution in [0.4, 0.5) is 0 Å². The van der Waals surface area contributed by atoms with Gasteiger partial charge in [-0.2, -0.15) is 4.98 Å². The van der Waals surface area contributed by atoms with Gasteiger partial charge >= 0.3 is 0 Å². The van der Waals surface area contributed by atoms with Crippen molar-refractivity contribution in [1.29, 1.82) is 0 Å². The van der Waals surface area contributed by atoms with E-state index >= 15 is 0 Å². The fourth-order valence-corrected chi connectivity index (χ4v) is 1.64. The molecule has 0 amide bonds. The van der Waals surface area contributed by atoms with Gasteiger partial charge in [-0.05, 0) is 25.1 Å². The lowest BCUT2D eigenvalue weighted by molar-refractivity contribution is 0.101. The van der Waals surface area contributed by atoms with Crippen LogP contribution in [-0.4, -0.2) is 15.9 Å². The Kier molecular flexibility index (Phi) is 3.53. The van der Waals surface area contributed by atoms with Crippen LogP contribution in [0, 0.1) is 0 Å². The summed E-state index contributed by atoms with van der Waals surface area (Å²) >= 11 is 3.32. The SMILES string of the molecule is CC(=O)c1ccc(Br)cc1OCc1ncon1. The van der Waals surface area contributed by atoms with Crippen LogP contribution >= 0.6 is 15.9 Å². The maximum absolute atomic E-state index is 11.4.